The van der Waals surface area contributed by atoms with E-state index in [1.165, 1.54) is 0 Å². The molecule has 0 rings (SSSR count). The second-order valence-corrected chi connectivity index (χ2v) is 6.90. The van der Waals surface area contributed by atoms with Gasteiger partial charge in [0, 0.05) is 11.5 Å². The minimum absolute atomic E-state index is 0.743. The fourth-order valence-electron chi connectivity index (χ4n) is 0.511. The maximum Gasteiger partial charge on any atom is 0.104 e. The summed E-state index contributed by atoms with van der Waals surface area (Å²) in [7, 11) is 0. The third-order valence-corrected chi connectivity index (χ3v) is 4.62. The Morgan fingerprint density at radius 1 is 1.00 bits per heavy atom. The van der Waals surface area contributed by atoms with Crippen LogP contribution in [0.2, 0.25) is 0 Å². The lowest BCUT2D eigenvalue weighted by atomic mass is 10.3. The highest BCUT2D eigenvalue weighted by molar-refractivity contribution is 8.47. The van der Waals surface area contributed by atoms with Gasteiger partial charge in [-0.2, -0.15) is 0 Å². The molecule has 0 aromatic carbocycles. The van der Waals surface area contributed by atoms with Gasteiger partial charge in [0.1, 0.15) is 3.53 Å². The largest absolute Gasteiger partial charge is 0.108 e. The minimum atomic E-state index is 0.743. The van der Waals surface area contributed by atoms with Crippen molar-refractivity contribution < 1.29 is 0 Å². The number of rotatable bonds is 4. The van der Waals surface area contributed by atoms with Crippen LogP contribution in [0.25, 0.3) is 0 Å². The number of hydrogen-bond donors (Lipinski definition) is 0. The molecule has 0 amide bonds. The number of thioether (sulfide) groups is 2. The second kappa shape index (κ2) is 7.22. The Balaban J connectivity index is 3.34. The first-order valence-electron chi connectivity index (χ1n) is 4.32. The second-order valence-electron chi connectivity index (χ2n) is 3.66. The summed E-state index contributed by atoms with van der Waals surface area (Å²) >= 11 is 8.86. The van der Waals surface area contributed by atoms with Crippen LogP contribution in [0.15, 0.2) is 0 Å². The summed E-state index contributed by atoms with van der Waals surface area (Å²) < 4.78 is 1.11. The van der Waals surface area contributed by atoms with Crippen LogP contribution in [0, 0.1) is 11.8 Å². The van der Waals surface area contributed by atoms with E-state index in [9.17, 15) is 0 Å². The van der Waals surface area contributed by atoms with Crippen LogP contribution >= 0.6 is 35.7 Å². The van der Waals surface area contributed by atoms with Gasteiger partial charge in [0.25, 0.3) is 0 Å². The molecule has 0 heterocycles. The van der Waals surface area contributed by atoms with Crippen molar-refractivity contribution in [3.05, 3.63) is 0 Å². The molecule has 0 N–H and O–H groups in total. The zero-order valence-electron chi connectivity index (χ0n) is 8.29. The van der Waals surface area contributed by atoms with Gasteiger partial charge >= 0.3 is 0 Å². The first kappa shape index (κ1) is 12.8. The summed E-state index contributed by atoms with van der Waals surface area (Å²) in [6.07, 6.45) is 0. The van der Waals surface area contributed by atoms with Crippen molar-refractivity contribution >= 4 is 39.3 Å². The van der Waals surface area contributed by atoms with Crippen molar-refractivity contribution in [2.24, 2.45) is 11.8 Å². The Bertz CT molecular complexity index is 116. The molecule has 0 saturated heterocycles. The fraction of sp³-hybridized carbons (Fsp3) is 0.889. The summed E-state index contributed by atoms with van der Waals surface area (Å²) in [6, 6.07) is 0. The van der Waals surface area contributed by atoms with Crippen molar-refractivity contribution in [1.82, 2.24) is 0 Å². The average molecular weight is 222 g/mol. The van der Waals surface area contributed by atoms with E-state index >= 15 is 0 Å². The van der Waals surface area contributed by atoms with E-state index in [-0.39, 0.29) is 0 Å². The Labute approximate surface area is 90.3 Å². The van der Waals surface area contributed by atoms with Gasteiger partial charge in [-0.1, -0.05) is 39.9 Å². The lowest BCUT2D eigenvalue weighted by Crippen LogP contribution is -1.97. The molecule has 0 nitrogen and oxygen atoms in total. The molecule has 0 bridgehead atoms. The number of hydrogen-bond acceptors (Lipinski definition) is 3. The lowest BCUT2D eigenvalue weighted by molar-refractivity contribution is 0.751. The van der Waals surface area contributed by atoms with Crippen molar-refractivity contribution in [3.8, 4) is 0 Å². The summed E-state index contributed by atoms with van der Waals surface area (Å²) in [5.41, 5.74) is 0. The van der Waals surface area contributed by atoms with E-state index in [4.69, 9.17) is 12.2 Å². The Kier molecular flexibility index (Phi) is 7.69. The maximum atomic E-state index is 5.22. The topological polar surface area (TPSA) is 0 Å². The molecule has 0 atom stereocenters. The Morgan fingerprint density at radius 2 is 1.33 bits per heavy atom. The SMILES string of the molecule is CC(C)CSC(=S)SCC(C)C. The van der Waals surface area contributed by atoms with Crippen LogP contribution in [-0.2, 0) is 0 Å². The molecular weight excluding hydrogens is 204 g/mol. The van der Waals surface area contributed by atoms with Gasteiger partial charge < -0.3 is 0 Å². The van der Waals surface area contributed by atoms with Crippen LogP contribution in [0.4, 0.5) is 0 Å². The molecule has 3 heteroatoms. The molecule has 0 aromatic heterocycles. The van der Waals surface area contributed by atoms with E-state index in [0.717, 1.165) is 26.9 Å². The molecular formula is C9H18S3. The Morgan fingerprint density at radius 3 is 1.58 bits per heavy atom. The van der Waals surface area contributed by atoms with E-state index in [2.05, 4.69) is 27.7 Å². The molecule has 0 aliphatic rings. The first-order chi connectivity index (χ1) is 5.52. The van der Waals surface area contributed by atoms with E-state index in [1.807, 2.05) is 23.5 Å². The van der Waals surface area contributed by atoms with E-state index in [0.29, 0.717) is 0 Å². The Hall–Kier alpha value is 0.790. The first-order valence-corrected chi connectivity index (χ1v) is 6.70. The summed E-state index contributed by atoms with van der Waals surface area (Å²) in [5, 5.41) is 0. The molecule has 0 saturated carbocycles. The van der Waals surface area contributed by atoms with Gasteiger partial charge in [0.15, 0.2) is 0 Å². The van der Waals surface area contributed by atoms with Gasteiger partial charge in [-0.15, -0.1) is 23.5 Å². The lowest BCUT2D eigenvalue weighted by Gasteiger charge is -2.06. The van der Waals surface area contributed by atoms with Crippen LogP contribution < -0.4 is 0 Å². The van der Waals surface area contributed by atoms with Gasteiger partial charge in [0.05, 0.1) is 0 Å². The van der Waals surface area contributed by atoms with Crippen LogP contribution in [0.1, 0.15) is 27.7 Å². The summed E-state index contributed by atoms with van der Waals surface area (Å²) in [6.45, 7) is 8.90. The molecule has 0 aliphatic heterocycles. The predicted octanol–water partition coefficient (Wildman–Crippen LogP) is 4.05. The third kappa shape index (κ3) is 8.88. The van der Waals surface area contributed by atoms with Crippen LogP contribution in [-0.4, -0.2) is 15.0 Å². The molecule has 72 valence electrons. The minimum Gasteiger partial charge on any atom is -0.108 e. The van der Waals surface area contributed by atoms with E-state index in [1.54, 1.807) is 0 Å². The highest BCUT2D eigenvalue weighted by Crippen LogP contribution is 2.21. The monoisotopic (exact) mass is 222 g/mol. The maximum absolute atomic E-state index is 5.22. The van der Waals surface area contributed by atoms with Gasteiger partial charge in [-0.05, 0) is 11.8 Å². The summed E-state index contributed by atoms with van der Waals surface area (Å²) in [4.78, 5) is 0. The van der Waals surface area contributed by atoms with Crippen molar-refractivity contribution in [2.45, 2.75) is 27.7 Å². The number of thiocarbonyl (C=S) groups is 1. The zero-order valence-corrected chi connectivity index (χ0v) is 10.7. The third-order valence-electron chi connectivity index (χ3n) is 1.07. The van der Waals surface area contributed by atoms with Crippen LogP contribution in [0.3, 0.4) is 0 Å². The quantitative estimate of drug-likeness (QED) is 0.659. The van der Waals surface area contributed by atoms with Gasteiger partial charge in [-0.3, -0.25) is 0 Å². The standard InChI is InChI=1S/C9H18S3/c1-7(2)5-11-9(10)12-6-8(3)4/h7-8H,5-6H2,1-4H3. The molecule has 0 spiro atoms. The van der Waals surface area contributed by atoms with Crippen molar-refractivity contribution in [1.29, 1.82) is 0 Å². The van der Waals surface area contributed by atoms with Gasteiger partial charge in [0.2, 0.25) is 0 Å². The highest BCUT2D eigenvalue weighted by atomic mass is 32.2. The molecule has 0 aromatic rings. The summed E-state index contributed by atoms with van der Waals surface area (Å²) in [5.74, 6) is 3.80. The molecule has 0 aliphatic carbocycles. The van der Waals surface area contributed by atoms with Gasteiger partial charge in [-0.25, -0.2) is 0 Å². The molecule has 0 unspecified atom stereocenters. The normalized spacial score (nSPS) is 11.2. The fourth-order valence-corrected chi connectivity index (χ4v) is 2.60. The van der Waals surface area contributed by atoms with Crippen molar-refractivity contribution in [3.63, 3.8) is 0 Å². The smallest absolute Gasteiger partial charge is 0.104 e. The molecule has 0 fully saturated rings. The van der Waals surface area contributed by atoms with E-state index < -0.39 is 0 Å². The highest BCUT2D eigenvalue weighted by Gasteiger charge is 2.02. The van der Waals surface area contributed by atoms with Crippen molar-refractivity contribution in [2.75, 3.05) is 11.5 Å². The average Bonchev–Trinajstić information content (AvgIpc) is 1.96. The molecule has 0 radical (unpaired) electrons. The predicted molar refractivity (Wildman–Crippen MR) is 67.2 cm³/mol. The van der Waals surface area contributed by atoms with Crippen LogP contribution in [0.5, 0.6) is 0 Å². The zero-order chi connectivity index (χ0) is 9.56. The molecule has 12 heavy (non-hydrogen) atoms.